The fraction of sp³-hybridized carbons (Fsp3) is 0.778. The van der Waals surface area contributed by atoms with Crippen LogP contribution in [-0.2, 0) is 14.3 Å². The number of nitrogens with one attached hydrogen (secondary N) is 3. The van der Waals surface area contributed by atoms with Crippen LogP contribution in [0, 0.1) is 11.8 Å². The Bertz CT molecular complexity index is 614. The largest absolute Gasteiger partial charge is 0.361 e. The Kier molecular flexibility index (Phi) is 4.96. The topological polar surface area (TPSA) is 79.5 Å². The van der Waals surface area contributed by atoms with Gasteiger partial charge in [0.25, 0.3) is 0 Å². The maximum atomic E-state index is 14.2. The number of fused-ring (bicyclic) bond motifs is 2. The Morgan fingerprint density at radius 2 is 2.15 bits per heavy atom. The second-order valence-electron chi connectivity index (χ2n) is 7.75. The average Bonchev–Trinajstić information content (AvgIpc) is 3.03. The Morgan fingerprint density at radius 1 is 1.31 bits per heavy atom. The summed E-state index contributed by atoms with van der Waals surface area (Å²) in [5.41, 5.74) is 0.220. The van der Waals surface area contributed by atoms with Gasteiger partial charge in [0.05, 0.1) is 19.1 Å². The van der Waals surface area contributed by atoms with Crippen molar-refractivity contribution in [3.63, 3.8) is 0 Å². The third-order valence-electron chi connectivity index (χ3n) is 6.05. The van der Waals surface area contributed by atoms with Crippen LogP contribution < -0.4 is 16.0 Å². The molecule has 4 aliphatic rings. The normalized spacial score (nSPS) is 42.3. The van der Waals surface area contributed by atoms with E-state index in [-0.39, 0.29) is 54.5 Å². The molecule has 3 heterocycles. The van der Waals surface area contributed by atoms with Crippen LogP contribution in [0.5, 0.6) is 0 Å². The van der Waals surface area contributed by atoms with Gasteiger partial charge in [0.1, 0.15) is 18.6 Å². The highest BCUT2D eigenvalue weighted by Gasteiger charge is 2.43. The summed E-state index contributed by atoms with van der Waals surface area (Å²) in [5, 5.41) is 8.97. The van der Waals surface area contributed by atoms with E-state index in [1.54, 1.807) is 0 Å². The van der Waals surface area contributed by atoms with Crippen molar-refractivity contribution in [2.75, 3.05) is 13.2 Å². The molecule has 1 aliphatic carbocycles. The summed E-state index contributed by atoms with van der Waals surface area (Å²) in [6, 6.07) is -0.465. The first kappa shape index (κ1) is 17.9. The van der Waals surface area contributed by atoms with Crippen molar-refractivity contribution in [1.29, 1.82) is 0 Å². The highest BCUT2D eigenvalue weighted by molar-refractivity contribution is 5.99. The van der Waals surface area contributed by atoms with Gasteiger partial charge in [-0.1, -0.05) is 6.08 Å². The second-order valence-corrected chi connectivity index (χ2v) is 7.75. The van der Waals surface area contributed by atoms with Crippen molar-refractivity contribution in [1.82, 2.24) is 16.0 Å². The van der Waals surface area contributed by atoms with Crippen LogP contribution in [0.3, 0.4) is 0 Å². The molecular formula is C18H25F2N3O3. The first-order valence-corrected chi connectivity index (χ1v) is 9.47. The molecular weight excluding hydrogens is 344 g/mol. The smallest absolute Gasteiger partial charge is 0.247 e. The van der Waals surface area contributed by atoms with Crippen LogP contribution in [0.15, 0.2) is 11.6 Å². The van der Waals surface area contributed by atoms with E-state index >= 15 is 0 Å². The molecule has 7 atom stereocenters. The van der Waals surface area contributed by atoms with Crippen LogP contribution in [0.4, 0.5) is 8.78 Å². The number of halogens is 2. The number of hydrogen-bond donors (Lipinski definition) is 3. The number of rotatable bonds is 3. The minimum absolute atomic E-state index is 0.0250. The fourth-order valence-electron chi connectivity index (χ4n) is 4.63. The van der Waals surface area contributed by atoms with Crippen molar-refractivity contribution in [3.05, 3.63) is 11.6 Å². The lowest BCUT2D eigenvalue weighted by Crippen LogP contribution is -2.53. The maximum Gasteiger partial charge on any atom is 0.247 e. The minimum atomic E-state index is -1.63. The van der Waals surface area contributed by atoms with Crippen molar-refractivity contribution in [2.45, 2.75) is 62.8 Å². The van der Waals surface area contributed by atoms with Crippen LogP contribution in [0.25, 0.3) is 0 Å². The standard InChI is InChI=1S/C18H25F2N3O3/c19-12-3-4-13-11(16(12)20)6-9(17(25)23-13)7-15(24)22-14-8-26-18-10(14)2-1-5-21-18/h6,10-14,16,18,21H,1-5,7-8H2,(H,22,24)(H,23,25)/t10?,11?,12?,13?,14-,16?,18?/m1/s1. The maximum absolute atomic E-state index is 14.2. The summed E-state index contributed by atoms with van der Waals surface area (Å²) in [6.45, 7) is 1.36. The third kappa shape index (κ3) is 3.36. The zero-order valence-corrected chi connectivity index (χ0v) is 14.5. The molecule has 0 aromatic heterocycles. The zero-order chi connectivity index (χ0) is 18.3. The molecule has 3 aliphatic heterocycles. The van der Waals surface area contributed by atoms with Gasteiger partial charge >= 0.3 is 0 Å². The number of carbonyl (C=O) groups excluding carboxylic acids is 2. The van der Waals surface area contributed by atoms with Gasteiger partial charge in [-0.3, -0.25) is 14.9 Å². The highest BCUT2D eigenvalue weighted by Crippen LogP contribution is 2.34. The molecule has 3 fully saturated rings. The van der Waals surface area contributed by atoms with Crippen LogP contribution in [0.1, 0.15) is 32.1 Å². The van der Waals surface area contributed by atoms with E-state index < -0.39 is 18.3 Å². The van der Waals surface area contributed by atoms with Gasteiger partial charge in [-0.05, 0) is 32.2 Å². The molecule has 0 radical (unpaired) electrons. The first-order chi connectivity index (χ1) is 12.5. The van der Waals surface area contributed by atoms with Crippen molar-refractivity contribution >= 4 is 11.8 Å². The lowest BCUT2D eigenvalue weighted by molar-refractivity contribution is -0.125. The molecule has 8 heteroatoms. The second kappa shape index (κ2) is 7.23. The Morgan fingerprint density at radius 3 is 3.00 bits per heavy atom. The number of piperidine rings is 1. The molecule has 0 bridgehead atoms. The molecule has 6 nitrogen and oxygen atoms in total. The predicted octanol–water partition coefficient (Wildman–Crippen LogP) is 0.728. The van der Waals surface area contributed by atoms with E-state index in [0.29, 0.717) is 13.0 Å². The van der Waals surface area contributed by atoms with E-state index in [1.807, 2.05) is 0 Å². The Hall–Kier alpha value is -1.54. The summed E-state index contributed by atoms with van der Waals surface area (Å²) in [5.74, 6) is -1.11. The van der Waals surface area contributed by atoms with E-state index in [1.165, 1.54) is 6.08 Å². The van der Waals surface area contributed by atoms with Crippen molar-refractivity contribution < 1.29 is 23.1 Å². The molecule has 0 spiro atoms. The van der Waals surface area contributed by atoms with Crippen molar-refractivity contribution in [2.24, 2.45) is 11.8 Å². The lowest BCUT2D eigenvalue weighted by Gasteiger charge is -2.38. The summed E-state index contributed by atoms with van der Waals surface area (Å²) >= 11 is 0. The van der Waals surface area contributed by atoms with E-state index in [9.17, 15) is 18.4 Å². The average molecular weight is 369 g/mol. The van der Waals surface area contributed by atoms with Gasteiger partial charge in [0, 0.05) is 23.5 Å². The number of amides is 2. The molecule has 26 heavy (non-hydrogen) atoms. The molecule has 0 aromatic carbocycles. The van der Waals surface area contributed by atoms with Crippen molar-refractivity contribution in [3.8, 4) is 0 Å². The third-order valence-corrected chi connectivity index (χ3v) is 6.05. The number of carbonyl (C=O) groups is 2. The Balaban J connectivity index is 1.39. The minimum Gasteiger partial charge on any atom is -0.361 e. The molecule has 4 rings (SSSR count). The van der Waals surface area contributed by atoms with E-state index in [4.69, 9.17) is 4.74 Å². The first-order valence-electron chi connectivity index (χ1n) is 9.47. The van der Waals surface area contributed by atoms with Gasteiger partial charge in [0.2, 0.25) is 11.8 Å². The molecule has 2 saturated heterocycles. The molecule has 144 valence electrons. The fourth-order valence-corrected chi connectivity index (χ4v) is 4.63. The highest BCUT2D eigenvalue weighted by atomic mass is 19.2. The van der Waals surface area contributed by atoms with Gasteiger partial charge in [-0.2, -0.15) is 0 Å². The van der Waals surface area contributed by atoms with Gasteiger partial charge in [-0.15, -0.1) is 0 Å². The van der Waals surface area contributed by atoms with E-state index in [0.717, 1.165) is 19.4 Å². The number of alkyl halides is 2. The van der Waals surface area contributed by atoms with E-state index in [2.05, 4.69) is 16.0 Å². The monoisotopic (exact) mass is 369 g/mol. The molecule has 3 N–H and O–H groups in total. The Labute approximate surface area is 151 Å². The summed E-state index contributed by atoms with van der Waals surface area (Å²) in [7, 11) is 0. The summed E-state index contributed by atoms with van der Waals surface area (Å²) in [6.07, 6.45) is 0.729. The SMILES string of the molecule is O=C(CC1=CC2C(CCC(F)C2F)NC1=O)N[C@@H]1COC2NCCCC21. The van der Waals surface area contributed by atoms with Crippen LogP contribution >= 0.6 is 0 Å². The van der Waals surface area contributed by atoms with Gasteiger partial charge in [0.15, 0.2) is 0 Å². The lowest BCUT2D eigenvalue weighted by atomic mass is 9.78. The van der Waals surface area contributed by atoms with Gasteiger partial charge in [-0.25, -0.2) is 8.78 Å². The summed E-state index contributed by atoms with van der Waals surface area (Å²) < 4.78 is 33.5. The van der Waals surface area contributed by atoms with Crippen LogP contribution in [-0.4, -0.2) is 55.6 Å². The summed E-state index contributed by atoms with van der Waals surface area (Å²) in [4.78, 5) is 24.6. The molecule has 2 amide bonds. The van der Waals surface area contributed by atoms with Gasteiger partial charge < -0.3 is 15.4 Å². The predicted molar refractivity (Wildman–Crippen MR) is 89.5 cm³/mol. The number of hydrogen-bond acceptors (Lipinski definition) is 4. The molecule has 0 aromatic rings. The zero-order valence-electron chi connectivity index (χ0n) is 14.5. The number of ether oxygens (including phenoxy) is 1. The quantitative estimate of drug-likeness (QED) is 0.685. The van der Waals surface area contributed by atoms with Crippen LogP contribution in [0.2, 0.25) is 0 Å². The molecule has 1 saturated carbocycles. The molecule has 6 unspecified atom stereocenters.